The fourth-order valence-corrected chi connectivity index (χ4v) is 2.76. The van der Waals surface area contributed by atoms with Gasteiger partial charge in [0, 0.05) is 11.8 Å². The molecule has 0 saturated carbocycles. The van der Waals surface area contributed by atoms with Gasteiger partial charge in [-0.25, -0.2) is 14.5 Å². The Bertz CT molecular complexity index is 961. The smallest absolute Gasteiger partial charge is 0.257 e. The number of aliphatic imine (C=N–C) groups is 1. The van der Waals surface area contributed by atoms with E-state index in [0.29, 0.717) is 29.9 Å². The molecule has 0 fully saturated rings. The highest BCUT2D eigenvalue weighted by atomic mass is 16.3. The van der Waals surface area contributed by atoms with Crippen LogP contribution in [0.2, 0.25) is 0 Å². The molecule has 0 saturated heterocycles. The topological polar surface area (TPSA) is 84.5 Å². The van der Waals surface area contributed by atoms with E-state index in [1.165, 1.54) is 10.6 Å². The van der Waals surface area contributed by atoms with E-state index in [1.54, 1.807) is 19.3 Å². The molecular weight excluding hydrogens is 318 g/mol. The van der Waals surface area contributed by atoms with Gasteiger partial charge >= 0.3 is 0 Å². The molecule has 1 aliphatic heterocycles. The summed E-state index contributed by atoms with van der Waals surface area (Å²) in [5.41, 5.74) is 1.57. The summed E-state index contributed by atoms with van der Waals surface area (Å²) in [6.45, 7) is 2.30. The van der Waals surface area contributed by atoms with Crippen LogP contribution in [-0.4, -0.2) is 15.5 Å². The molecule has 1 aliphatic rings. The van der Waals surface area contributed by atoms with E-state index in [1.807, 2.05) is 36.4 Å². The lowest BCUT2D eigenvalue weighted by molar-refractivity contribution is 0.398. The van der Waals surface area contributed by atoms with Crippen molar-refractivity contribution in [2.24, 2.45) is 4.99 Å². The molecule has 7 heteroatoms. The Morgan fingerprint density at radius 1 is 1.24 bits per heavy atom. The number of rotatable bonds is 3. The number of nitrogens with zero attached hydrogens (tertiary/aromatic N) is 3. The van der Waals surface area contributed by atoms with Crippen molar-refractivity contribution in [2.75, 3.05) is 5.32 Å². The molecule has 0 amide bonds. The Balaban J connectivity index is 1.72. The fraction of sp³-hybridized carbons (Fsp3) is 0.167. The zero-order chi connectivity index (χ0) is 17.2. The second-order valence-corrected chi connectivity index (χ2v) is 5.77. The van der Waals surface area contributed by atoms with Crippen molar-refractivity contribution in [3.05, 3.63) is 82.2 Å². The second-order valence-electron chi connectivity index (χ2n) is 5.77. The largest absolute Gasteiger partial charge is 0.465 e. The first-order chi connectivity index (χ1) is 12.2. The van der Waals surface area contributed by atoms with Crippen LogP contribution in [0.15, 0.2) is 69.0 Å². The van der Waals surface area contributed by atoms with Crippen LogP contribution in [0, 0.1) is 6.92 Å². The maximum Gasteiger partial charge on any atom is 0.257 e. The number of guanidine groups is 1. The van der Waals surface area contributed by atoms with Gasteiger partial charge in [-0.15, -0.1) is 0 Å². The molecule has 3 heterocycles. The number of benzene rings is 1. The summed E-state index contributed by atoms with van der Waals surface area (Å²) >= 11 is 0. The highest BCUT2D eigenvalue weighted by Gasteiger charge is 2.28. The molecule has 0 unspecified atom stereocenters. The SMILES string of the molecule is Cc1cc(=O)n2c(n1)NC(=NCc1ccccc1)N[C@@H]2c1ccco1. The van der Waals surface area contributed by atoms with Gasteiger partial charge in [-0.1, -0.05) is 30.3 Å². The highest BCUT2D eigenvalue weighted by Crippen LogP contribution is 2.21. The molecule has 7 nitrogen and oxygen atoms in total. The molecule has 0 spiro atoms. The van der Waals surface area contributed by atoms with Gasteiger partial charge in [-0.05, 0) is 24.6 Å². The van der Waals surface area contributed by atoms with Crippen LogP contribution >= 0.6 is 0 Å². The van der Waals surface area contributed by atoms with Crippen molar-refractivity contribution >= 4 is 11.9 Å². The Kier molecular flexibility index (Phi) is 3.81. The minimum Gasteiger partial charge on any atom is -0.465 e. The number of aromatic nitrogens is 2. The quantitative estimate of drug-likeness (QED) is 0.767. The number of nitrogens with one attached hydrogen (secondary N) is 2. The minimum atomic E-state index is -0.499. The van der Waals surface area contributed by atoms with Crippen LogP contribution in [0.25, 0.3) is 0 Å². The van der Waals surface area contributed by atoms with Crippen molar-refractivity contribution in [1.82, 2.24) is 14.9 Å². The summed E-state index contributed by atoms with van der Waals surface area (Å²) in [4.78, 5) is 21.4. The number of aryl methyl sites for hydroxylation is 1. The van der Waals surface area contributed by atoms with Gasteiger partial charge in [-0.3, -0.25) is 10.1 Å². The Labute approximate surface area is 144 Å². The first-order valence-corrected chi connectivity index (χ1v) is 7.96. The van der Waals surface area contributed by atoms with Crippen molar-refractivity contribution in [2.45, 2.75) is 19.6 Å². The zero-order valence-corrected chi connectivity index (χ0v) is 13.6. The van der Waals surface area contributed by atoms with E-state index < -0.39 is 6.17 Å². The van der Waals surface area contributed by atoms with Crippen molar-refractivity contribution < 1.29 is 4.42 Å². The first kappa shape index (κ1) is 15.2. The third-order valence-corrected chi connectivity index (χ3v) is 3.92. The number of fused-ring (bicyclic) bond motifs is 1. The summed E-state index contributed by atoms with van der Waals surface area (Å²) in [6.07, 6.45) is 1.08. The average Bonchev–Trinajstić information content (AvgIpc) is 3.14. The lowest BCUT2D eigenvalue weighted by Crippen LogP contribution is -2.48. The summed E-state index contributed by atoms with van der Waals surface area (Å²) in [5, 5.41) is 6.30. The Morgan fingerprint density at radius 2 is 2.08 bits per heavy atom. The first-order valence-electron chi connectivity index (χ1n) is 7.96. The summed E-state index contributed by atoms with van der Waals surface area (Å²) in [6, 6.07) is 15.0. The number of furan rings is 1. The van der Waals surface area contributed by atoms with Gasteiger partial charge in [-0.2, -0.15) is 0 Å². The minimum absolute atomic E-state index is 0.161. The average molecular weight is 335 g/mol. The monoisotopic (exact) mass is 335 g/mol. The van der Waals surface area contributed by atoms with Crippen LogP contribution in [0.1, 0.15) is 23.2 Å². The van der Waals surface area contributed by atoms with Crippen LogP contribution in [-0.2, 0) is 6.54 Å². The van der Waals surface area contributed by atoms with Crippen LogP contribution in [0.3, 0.4) is 0 Å². The van der Waals surface area contributed by atoms with Gasteiger partial charge in [0.05, 0.1) is 12.8 Å². The van der Waals surface area contributed by atoms with Crippen LogP contribution in [0.4, 0.5) is 5.95 Å². The highest BCUT2D eigenvalue weighted by molar-refractivity contribution is 5.93. The fourth-order valence-electron chi connectivity index (χ4n) is 2.76. The van der Waals surface area contributed by atoms with Crippen LogP contribution < -0.4 is 16.2 Å². The molecule has 25 heavy (non-hydrogen) atoms. The molecule has 1 aromatic carbocycles. The number of hydrogen-bond acceptors (Lipinski definition) is 4. The molecule has 126 valence electrons. The Morgan fingerprint density at radius 3 is 2.84 bits per heavy atom. The van der Waals surface area contributed by atoms with Gasteiger partial charge in [0.25, 0.3) is 5.56 Å². The zero-order valence-electron chi connectivity index (χ0n) is 13.6. The van der Waals surface area contributed by atoms with E-state index in [4.69, 9.17) is 4.42 Å². The molecule has 3 aromatic rings. The molecule has 4 rings (SSSR count). The summed E-state index contributed by atoms with van der Waals surface area (Å²) < 4.78 is 7.01. The number of anilines is 1. The summed E-state index contributed by atoms with van der Waals surface area (Å²) in [5.74, 6) is 1.60. The van der Waals surface area contributed by atoms with E-state index in [2.05, 4.69) is 20.6 Å². The van der Waals surface area contributed by atoms with Gasteiger partial charge in [0.2, 0.25) is 5.95 Å². The second kappa shape index (κ2) is 6.27. The predicted molar refractivity (Wildman–Crippen MR) is 94.4 cm³/mol. The maximum atomic E-state index is 12.4. The predicted octanol–water partition coefficient (Wildman–Crippen LogP) is 2.26. The van der Waals surface area contributed by atoms with Crippen molar-refractivity contribution in [3.63, 3.8) is 0 Å². The van der Waals surface area contributed by atoms with Gasteiger partial charge < -0.3 is 9.73 Å². The molecule has 2 N–H and O–H groups in total. The van der Waals surface area contributed by atoms with E-state index in [9.17, 15) is 4.79 Å². The maximum absolute atomic E-state index is 12.4. The summed E-state index contributed by atoms with van der Waals surface area (Å²) in [7, 11) is 0. The normalized spacial score (nSPS) is 17.6. The standard InChI is InChI=1S/C18H17N5O2/c1-12-10-15(24)23-16(14-8-5-9-25-14)21-17(22-18(23)20-12)19-11-13-6-3-2-4-7-13/h2-10,16H,11H2,1H3,(H2,19,20,21,22)/t16-/m0/s1. The van der Waals surface area contributed by atoms with Crippen LogP contribution in [0.5, 0.6) is 0 Å². The molecule has 0 aliphatic carbocycles. The van der Waals surface area contributed by atoms with Crippen molar-refractivity contribution in [1.29, 1.82) is 0 Å². The Hall–Kier alpha value is -3.35. The van der Waals surface area contributed by atoms with E-state index in [0.717, 1.165) is 5.56 Å². The molecule has 1 atom stereocenters. The molecule has 0 radical (unpaired) electrons. The molecule has 0 bridgehead atoms. The third-order valence-electron chi connectivity index (χ3n) is 3.92. The molecular formula is C18H17N5O2. The lowest BCUT2D eigenvalue weighted by Gasteiger charge is -2.29. The number of hydrogen-bond donors (Lipinski definition) is 2. The van der Waals surface area contributed by atoms with E-state index in [-0.39, 0.29) is 5.56 Å². The van der Waals surface area contributed by atoms with Gasteiger partial charge in [0.1, 0.15) is 5.76 Å². The third kappa shape index (κ3) is 3.03. The van der Waals surface area contributed by atoms with E-state index >= 15 is 0 Å². The molecule has 2 aromatic heterocycles. The van der Waals surface area contributed by atoms with Gasteiger partial charge in [0.15, 0.2) is 12.1 Å². The van der Waals surface area contributed by atoms with Crippen molar-refractivity contribution in [3.8, 4) is 0 Å². The lowest BCUT2D eigenvalue weighted by atomic mass is 10.2.